The van der Waals surface area contributed by atoms with Crippen molar-refractivity contribution in [2.24, 2.45) is 4.99 Å². The third-order valence-electron chi connectivity index (χ3n) is 2.85. The van der Waals surface area contributed by atoms with Crippen LogP contribution in [0.4, 0.5) is 0 Å². The van der Waals surface area contributed by atoms with Crippen molar-refractivity contribution in [1.29, 1.82) is 0 Å². The van der Waals surface area contributed by atoms with E-state index in [2.05, 4.69) is 26.9 Å². The molecule has 2 heterocycles. The van der Waals surface area contributed by atoms with Gasteiger partial charge in [0.15, 0.2) is 5.75 Å². The van der Waals surface area contributed by atoms with Crippen molar-refractivity contribution >= 4 is 17.4 Å². The minimum atomic E-state index is 0.243. The Morgan fingerprint density at radius 2 is 2.05 bits per heavy atom. The minimum Gasteiger partial charge on any atom is -0.436 e. The van der Waals surface area contributed by atoms with Crippen LogP contribution in [0.1, 0.15) is 27.2 Å². The van der Waals surface area contributed by atoms with Gasteiger partial charge in [0, 0.05) is 11.3 Å². The van der Waals surface area contributed by atoms with Gasteiger partial charge in [-0.15, -0.1) is 0 Å². The van der Waals surface area contributed by atoms with Gasteiger partial charge in [-0.05, 0) is 26.8 Å². The Morgan fingerprint density at radius 1 is 1.38 bits per heavy atom. The molecule has 1 aromatic heterocycles. The quantitative estimate of drug-likeness (QED) is 0.865. The van der Waals surface area contributed by atoms with Gasteiger partial charge in [0.25, 0.3) is 0 Å². The summed E-state index contributed by atoms with van der Waals surface area (Å²) < 4.78 is 5.48. The number of amidine groups is 1. The molecule has 1 N–H and O–H groups in total. The molecule has 0 atom stereocenters. The van der Waals surface area contributed by atoms with Crippen molar-refractivity contribution in [3.63, 3.8) is 0 Å². The van der Waals surface area contributed by atoms with Crippen LogP contribution in [-0.2, 0) is 0 Å². The van der Waals surface area contributed by atoms with E-state index >= 15 is 0 Å². The average molecular weight is 305 g/mol. The Bertz CT molecular complexity index is 643. The molecule has 0 aliphatic carbocycles. The van der Waals surface area contributed by atoms with Gasteiger partial charge in [0.1, 0.15) is 12.2 Å². The zero-order valence-corrected chi connectivity index (χ0v) is 13.0. The van der Waals surface area contributed by atoms with Gasteiger partial charge in [0.05, 0.1) is 17.4 Å². The van der Waals surface area contributed by atoms with E-state index in [4.69, 9.17) is 16.3 Å². The molecule has 110 valence electrons. The van der Waals surface area contributed by atoms with E-state index in [1.54, 1.807) is 12.4 Å². The highest BCUT2D eigenvalue weighted by Crippen LogP contribution is 2.30. The van der Waals surface area contributed by atoms with E-state index in [9.17, 15) is 0 Å². The van der Waals surface area contributed by atoms with Gasteiger partial charge in [0.2, 0.25) is 5.88 Å². The molecule has 0 unspecified atom stereocenters. The summed E-state index contributed by atoms with van der Waals surface area (Å²) in [5.74, 6) is 1.38. The summed E-state index contributed by atoms with van der Waals surface area (Å²) in [7, 11) is 0. The molecule has 1 aliphatic heterocycles. The Hall–Kier alpha value is -2.14. The molecule has 0 saturated heterocycles. The van der Waals surface area contributed by atoms with Gasteiger partial charge in [-0.1, -0.05) is 24.1 Å². The molecule has 1 aliphatic rings. The van der Waals surface area contributed by atoms with E-state index in [1.165, 1.54) is 6.33 Å². The molecule has 21 heavy (non-hydrogen) atoms. The number of allylic oxidation sites excluding steroid dienone is 2. The first-order chi connectivity index (χ1) is 10.0. The monoisotopic (exact) mass is 304 g/mol. The fourth-order valence-electron chi connectivity index (χ4n) is 1.92. The van der Waals surface area contributed by atoms with Crippen molar-refractivity contribution in [3.05, 3.63) is 53.1 Å². The van der Waals surface area contributed by atoms with Crippen LogP contribution in [0.5, 0.6) is 5.75 Å². The minimum absolute atomic E-state index is 0.243. The summed E-state index contributed by atoms with van der Waals surface area (Å²) >= 11 is 6.37. The molecule has 1 aromatic rings. The van der Waals surface area contributed by atoms with Crippen LogP contribution in [0.2, 0.25) is 0 Å². The van der Waals surface area contributed by atoms with E-state index in [0.29, 0.717) is 16.6 Å². The molecule has 6 heteroatoms. The SMILES string of the molecule is C=C(/N=C1/NC(CC)=C(Cl)C1=C(C)C)Oc1cncnc1. The molecular weight excluding hydrogens is 288 g/mol. The number of halogens is 1. The molecule has 0 bridgehead atoms. The predicted octanol–water partition coefficient (Wildman–Crippen LogP) is 3.53. The van der Waals surface area contributed by atoms with Crippen LogP contribution < -0.4 is 10.1 Å². The normalized spacial score (nSPS) is 16.2. The lowest BCUT2D eigenvalue weighted by atomic mass is 10.1. The van der Waals surface area contributed by atoms with E-state index in [-0.39, 0.29) is 5.88 Å². The molecular formula is C15H17ClN4O. The Balaban J connectivity index is 2.22. The molecule has 0 spiro atoms. The second-order valence-electron chi connectivity index (χ2n) is 4.68. The van der Waals surface area contributed by atoms with Gasteiger partial charge >= 0.3 is 0 Å². The highest BCUT2D eigenvalue weighted by molar-refractivity contribution is 6.38. The number of nitrogens with one attached hydrogen (secondary N) is 1. The molecule has 0 saturated carbocycles. The van der Waals surface area contributed by atoms with Crippen molar-refractivity contribution in [3.8, 4) is 5.75 Å². The smallest absolute Gasteiger partial charge is 0.214 e. The summed E-state index contributed by atoms with van der Waals surface area (Å²) in [6.07, 6.45) is 5.32. The number of nitrogens with zero attached hydrogens (tertiary/aromatic N) is 3. The van der Waals surface area contributed by atoms with Crippen molar-refractivity contribution in [1.82, 2.24) is 15.3 Å². The molecule has 0 aromatic carbocycles. The van der Waals surface area contributed by atoms with Crippen molar-refractivity contribution in [2.75, 3.05) is 0 Å². The largest absolute Gasteiger partial charge is 0.436 e. The third-order valence-corrected chi connectivity index (χ3v) is 3.27. The first-order valence-electron chi connectivity index (χ1n) is 6.57. The summed E-state index contributed by atoms with van der Waals surface area (Å²) in [4.78, 5) is 12.1. The number of aromatic nitrogens is 2. The molecule has 2 rings (SSSR count). The van der Waals surface area contributed by atoms with Gasteiger partial charge in [-0.2, -0.15) is 4.99 Å². The van der Waals surface area contributed by atoms with E-state index in [0.717, 1.165) is 23.3 Å². The molecule has 0 radical (unpaired) electrons. The number of ether oxygens (including phenoxy) is 1. The summed E-state index contributed by atoms with van der Waals surface area (Å²) in [6, 6.07) is 0. The summed E-state index contributed by atoms with van der Waals surface area (Å²) in [6.45, 7) is 9.80. The highest BCUT2D eigenvalue weighted by Gasteiger charge is 2.24. The van der Waals surface area contributed by atoms with Crippen molar-refractivity contribution < 1.29 is 4.74 Å². The van der Waals surface area contributed by atoms with Crippen LogP contribution in [-0.4, -0.2) is 15.8 Å². The maximum atomic E-state index is 6.37. The molecule has 0 fully saturated rings. The standard InChI is InChI=1S/C15H17ClN4O/c1-5-12-14(16)13(9(2)3)15(20-12)19-10(4)21-11-6-17-8-18-7-11/h6-8H,4-5H2,1-3H3,(H,19,20). The average Bonchev–Trinajstić information content (AvgIpc) is 2.75. The lowest BCUT2D eigenvalue weighted by Crippen LogP contribution is -2.18. The van der Waals surface area contributed by atoms with Crippen LogP contribution in [0.25, 0.3) is 0 Å². The van der Waals surface area contributed by atoms with Gasteiger partial charge in [-0.3, -0.25) is 0 Å². The van der Waals surface area contributed by atoms with Gasteiger partial charge in [-0.25, -0.2) is 9.97 Å². The second-order valence-corrected chi connectivity index (χ2v) is 5.05. The first-order valence-corrected chi connectivity index (χ1v) is 6.95. The lowest BCUT2D eigenvalue weighted by Gasteiger charge is -2.07. The number of hydrogen-bond acceptors (Lipinski definition) is 4. The topological polar surface area (TPSA) is 59.4 Å². The zero-order chi connectivity index (χ0) is 15.4. The second kappa shape index (κ2) is 6.54. The molecule has 5 nitrogen and oxygen atoms in total. The lowest BCUT2D eigenvalue weighted by molar-refractivity contribution is 0.419. The Morgan fingerprint density at radius 3 is 2.62 bits per heavy atom. The Kier molecular flexibility index (Phi) is 4.75. The van der Waals surface area contributed by atoms with Gasteiger partial charge < -0.3 is 10.1 Å². The first kappa shape index (κ1) is 15.3. The third kappa shape index (κ3) is 3.49. The zero-order valence-electron chi connectivity index (χ0n) is 12.3. The van der Waals surface area contributed by atoms with Crippen LogP contribution in [0, 0.1) is 0 Å². The highest BCUT2D eigenvalue weighted by atomic mass is 35.5. The predicted molar refractivity (Wildman–Crippen MR) is 83.9 cm³/mol. The van der Waals surface area contributed by atoms with E-state index in [1.807, 2.05) is 20.8 Å². The van der Waals surface area contributed by atoms with E-state index < -0.39 is 0 Å². The van der Waals surface area contributed by atoms with Crippen molar-refractivity contribution in [2.45, 2.75) is 27.2 Å². The Labute approximate surface area is 129 Å². The maximum absolute atomic E-state index is 6.37. The maximum Gasteiger partial charge on any atom is 0.214 e. The number of hydrogen-bond donors (Lipinski definition) is 1. The van der Waals surface area contributed by atoms with Crippen LogP contribution in [0.15, 0.2) is 58.1 Å². The number of rotatable bonds is 4. The fourth-order valence-corrected chi connectivity index (χ4v) is 2.38. The number of aliphatic imine (C=N–C) groups is 1. The van der Waals surface area contributed by atoms with Crippen LogP contribution in [0.3, 0.4) is 0 Å². The summed E-state index contributed by atoms with van der Waals surface area (Å²) in [5, 5.41) is 3.91. The van der Waals surface area contributed by atoms with Crippen LogP contribution >= 0.6 is 11.6 Å². The molecule has 0 amide bonds. The fraction of sp³-hybridized carbons (Fsp3) is 0.267. The summed E-state index contributed by atoms with van der Waals surface area (Å²) in [5.41, 5.74) is 2.91.